The number of rotatable bonds is 0. The number of phenols is 2. The highest BCUT2D eigenvalue weighted by Crippen LogP contribution is 2.30. The lowest BCUT2D eigenvalue weighted by Gasteiger charge is -2.17. The highest BCUT2D eigenvalue weighted by Gasteiger charge is 2.17. The Hall–Kier alpha value is -1.71. The number of carbonyl (C=O) groups excluding carboxylic acids is 1. The van der Waals surface area contributed by atoms with E-state index < -0.39 is 0 Å². The average molecular weight is 278 g/mol. The third-order valence-corrected chi connectivity index (χ3v) is 3.76. The second kappa shape index (κ2) is 6.64. The molecule has 0 saturated carbocycles. The van der Waals surface area contributed by atoms with E-state index in [4.69, 9.17) is 4.74 Å². The van der Waals surface area contributed by atoms with Crippen molar-refractivity contribution in [1.29, 1.82) is 0 Å². The van der Waals surface area contributed by atoms with Gasteiger partial charge in [-0.15, -0.1) is 0 Å². The molecule has 0 spiro atoms. The molecule has 1 aromatic rings. The van der Waals surface area contributed by atoms with Crippen molar-refractivity contribution in [3.8, 4) is 11.5 Å². The summed E-state index contributed by atoms with van der Waals surface area (Å²) in [4.78, 5) is 11.9. The lowest BCUT2D eigenvalue weighted by atomic mass is 9.96. The SMILES string of the molecule is C[C@H]1CCCCCCc2c(O)cc(O)cc2CC(=O)O1. The normalized spacial score (nSPS) is 21.2. The zero-order valence-electron chi connectivity index (χ0n) is 11.9. The summed E-state index contributed by atoms with van der Waals surface area (Å²) in [5.41, 5.74) is 1.42. The smallest absolute Gasteiger partial charge is 0.310 e. The molecule has 2 rings (SSSR count). The molecule has 0 aromatic heterocycles. The molecule has 0 radical (unpaired) electrons. The predicted octanol–water partition coefficient (Wildman–Crippen LogP) is 3.08. The summed E-state index contributed by atoms with van der Waals surface area (Å²) < 4.78 is 5.36. The molecule has 0 fully saturated rings. The van der Waals surface area contributed by atoms with E-state index in [-0.39, 0.29) is 30.0 Å². The van der Waals surface area contributed by atoms with Gasteiger partial charge in [0.25, 0.3) is 0 Å². The summed E-state index contributed by atoms with van der Waals surface area (Å²) in [5.74, 6) is -0.253. The largest absolute Gasteiger partial charge is 0.508 e. The Morgan fingerprint density at radius 3 is 2.70 bits per heavy atom. The number of ether oxygens (including phenoxy) is 1. The molecule has 110 valence electrons. The van der Waals surface area contributed by atoms with Gasteiger partial charge in [0.2, 0.25) is 0 Å². The first kappa shape index (κ1) is 14.7. The fourth-order valence-corrected chi connectivity index (χ4v) is 2.71. The standard InChI is InChI=1S/C16H22O4/c1-11-6-4-2-3-5-7-14-12(9-16(19)20-11)8-13(17)10-15(14)18/h8,10-11,17-18H,2-7,9H2,1H3/t11-/m0/s1. The van der Waals surface area contributed by atoms with Crippen LogP contribution in [0.5, 0.6) is 11.5 Å². The Balaban J connectivity index is 2.25. The van der Waals surface area contributed by atoms with Gasteiger partial charge >= 0.3 is 5.97 Å². The van der Waals surface area contributed by atoms with E-state index in [2.05, 4.69) is 0 Å². The van der Waals surface area contributed by atoms with Crippen LogP contribution in [0.4, 0.5) is 0 Å². The van der Waals surface area contributed by atoms with Crippen molar-refractivity contribution in [2.75, 3.05) is 0 Å². The first-order chi connectivity index (χ1) is 9.56. The van der Waals surface area contributed by atoms with Gasteiger partial charge in [-0.1, -0.05) is 12.8 Å². The zero-order valence-corrected chi connectivity index (χ0v) is 11.9. The Morgan fingerprint density at radius 1 is 1.15 bits per heavy atom. The Labute approximate surface area is 119 Å². The first-order valence-corrected chi connectivity index (χ1v) is 7.29. The van der Waals surface area contributed by atoms with Crippen LogP contribution in [-0.2, 0) is 22.4 Å². The molecule has 0 unspecified atom stereocenters. The Kier molecular flexibility index (Phi) is 4.88. The van der Waals surface area contributed by atoms with Gasteiger partial charge in [-0.3, -0.25) is 4.79 Å². The van der Waals surface area contributed by atoms with E-state index in [1.165, 1.54) is 6.07 Å². The summed E-state index contributed by atoms with van der Waals surface area (Å²) in [6.07, 6.45) is 5.89. The lowest BCUT2D eigenvalue weighted by molar-refractivity contribution is -0.147. The highest BCUT2D eigenvalue weighted by molar-refractivity contribution is 5.74. The lowest BCUT2D eigenvalue weighted by Crippen LogP contribution is -2.17. The molecule has 1 aliphatic rings. The van der Waals surface area contributed by atoms with Crippen molar-refractivity contribution >= 4 is 5.97 Å². The number of carbonyl (C=O) groups is 1. The minimum atomic E-state index is -0.302. The quantitative estimate of drug-likeness (QED) is 0.716. The summed E-state index contributed by atoms with van der Waals surface area (Å²) in [6.45, 7) is 1.91. The van der Waals surface area contributed by atoms with E-state index in [1.54, 1.807) is 6.07 Å². The number of benzene rings is 1. The van der Waals surface area contributed by atoms with Crippen LogP contribution in [0.25, 0.3) is 0 Å². The molecule has 0 amide bonds. The number of esters is 1. The molecule has 4 nitrogen and oxygen atoms in total. The zero-order chi connectivity index (χ0) is 14.5. The number of aromatic hydroxyl groups is 2. The second-order valence-corrected chi connectivity index (χ2v) is 5.53. The van der Waals surface area contributed by atoms with Gasteiger partial charge < -0.3 is 14.9 Å². The molecule has 1 aliphatic heterocycles. The van der Waals surface area contributed by atoms with Gasteiger partial charge in [0.15, 0.2) is 0 Å². The van der Waals surface area contributed by atoms with Crippen molar-refractivity contribution in [2.45, 2.75) is 58.0 Å². The van der Waals surface area contributed by atoms with E-state index in [9.17, 15) is 15.0 Å². The third kappa shape index (κ3) is 3.89. The van der Waals surface area contributed by atoms with Crippen LogP contribution in [-0.4, -0.2) is 22.3 Å². The molecule has 1 heterocycles. The van der Waals surface area contributed by atoms with E-state index in [1.807, 2.05) is 6.92 Å². The van der Waals surface area contributed by atoms with Gasteiger partial charge in [-0.25, -0.2) is 0 Å². The van der Waals surface area contributed by atoms with Gasteiger partial charge in [-0.2, -0.15) is 0 Å². The fourth-order valence-electron chi connectivity index (χ4n) is 2.71. The molecular weight excluding hydrogens is 256 g/mol. The molecular formula is C16H22O4. The topological polar surface area (TPSA) is 66.8 Å². The number of hydrogen-bond acceptors (Lipinski definition) is 4. The van der Waals surface area contributed by atoms with Gasteiger partial charge in [0, 0.05) is 6.07 Å². The van der Waals surface area contributed by atoms with Crippen LogP contribution in [0.1, 0.15) is 50.2 Å². The first-order valence-electron chi connectivity index (χ1n) is 7.29. The van der Waals surface area contributed by atoms with E-state index in [0.29, 0.717) is 5.56 Å². The van der Waals surface area contributed by atoms with Gasteiger partial charge in [0.05, 0.1) is 12.5 Å². The van der Waals surface area contributed by atoms with Crippen LogP contribution in [0.15, 0.2) is 12.1 Å². The molecule has 4 heteroatoms. The molecule has 0 aliphatic carbocycles. The van der Waals surface area contributed by atoms with Crippen molar-refractivity contribution in [1.82, 2.24) is 0 Å². The van der Waals surface area contributed by atoms with Crippen LogP contribution in [0, 0.1) is 0 Å². The van der Waals surface area contributed by atoms with Crippen molar-refractivity contribution in [2.24, 2.45) is 0 Å². The number of cyclic esters (lactones) is 1. The number of phenolic OH excluding ortho intramolecular Hbond substituents is 2. The minimum Gasteiger partial charge on any atom is -0.508 e. The molecule has 1 atom stereocenters. The highest BCUT2D eigenvalue weighted by atomic mass is 16.5. The molecule has 0 bridgehead atoms. The summed E-state index contributed by atoms with van der Waals surface area (Å²) in [5, 5.41) is 19.6. The maximum Gasteiger partial charge on any atom is 0.310 e. The maximum atomic E-state index is 11.9. The van der Waals surface area contributed by atoms with Gasteiger partial charge in [0.1, 0.15) is 11.5 Å². The van der Waals surface area contributed by atoms with Crippen LogP contribution in [0.3, 0.4) is 0 Å². The summed E-state index contributed by atoms with van der Waals surface area (Å²) in [6, 6.07) is 2.88. The van der Waals surface area contributed by atoms with E-state index in [0.717, 1.165) is 44.1 Å². The Morgan fingerprint density at radius 2 is 1.90 bits per heavy atom. The fraction of sp³-hybridized carbons (Fsp3) is 0.562. The molecule has 2 N–H and O–H groups in total. The Bertz CT molecular complexity index is 482. The average Bonchev–Trinajstić information content (AvgIpc) is 2.34. The van der Waals surface area contributed by atoms with Crippen LogP contribution in [0.2, 0.25) is 0 Å². The molecule has 0 saturated heterocycles. The number of fused-ring (bicyclic) bond motifs is 1. The molecule has 1 aromatic carbocycles. The van der Waals surface area contributed by atoms with Crippen molar-refractivity contribution in [3.63, 3.8) is 0 Å². The van der Waals surface area contributed by atoms with Crippen LogP contribution < -0.4 is 0 Å². The predicted molar refractivity (Wildman–Crippen MR) is 75.8 cm³/mol. The van der Waals surface area contributed by atoms with Crippen molar-refractivity contribution in [3.05, 3.63) is 23.3 Å². The van der Waals surface area contributed by atoms with Crippen molar-refractivity contribution < 1.29 is 19.7 Å². The minimum absolute atomic E-state index is 0.0193. The van der Waals surface area contributed by atoms with Gasteiger partial charge in [-0.05, 0) is 49.8 Å². The van der Waals surface area contributed by atoms with Crippen LogP contribution >= 0.6 is 0 Å². The monoisotopic (exact) mass is 278 g/mol. The second-order valence-electron chi connectivity index (χ2n) is 5.53. The maximum absolute atomic E-state index is 11.9. The summed E-state index contributed by atoms with van der Waals surface area (Å²) in [7, 11) is 0. The number of hydrogen-bond donors (Lipinski definition) is 2. The third-order valence-electron chi connectivity index (χ3n) is 3.76. The van der Waals surface area contributed by atoms with E-state index >= 15 is 0 Å². The molecule has 20 heavy (non-hydrogen) atoms. The summed E-state index contributed by atoms with van der Waals surface area (Å²) >= 11 is 0.